The van der Waals surface area contributed by atoms with E-state index < -0.39 is 11.9 Å². The highest BCUT2D eigenvalue weighted by molar-refractivity contribution is 6.32. The molecule has 1 aliphatic rings. The van der Waals surface area contributed by atoms with Gasteiger partial charge in [0.15, 0.2) is 0 Å². The summed E-state index contributed by atoms with van der Waals surface area (Å²) in [5.41, 5.74) is 1.30. The normalized spacial score (nSPS) is 16.4. The number of hydrogen-bond acceptors (Lipinski definition) is 4. The van der Waals surface area contributed by atoms with Crippen molar-refractivity contribution < 1.29 is 14.3 Å². The molecule has 0 aliphatic carbocycles. The number of carbonyl (C=O) groups excluding carboxylic acids is 2. The van der Waals surface area contributed by atoms with Gasteiger partial charge in [0.25, 0.3) is 0 Å². The first-order valence-electron chi connectivity index (χ1n) is 7.43. The van der Waals surface area contributed by atoms with Gasteiger partial charge in [-0.3, -0.25) is 9.69 Å². The van der Waals surface area contributed by atoms with E-state index in [9.17, 15) is 9.59 Å². The molecule has 1 amide bonds. The maximum Gasteiger partial charge on any atom is 0.396 e. The van der Waals surface area contributed by atoms with Crippen molar-refractivity contribution in [1.82, 2.24) is 10.2 Å². The minimum absolute atomic E-state index is 0.0638. The molecular formula is C16H22N2O3. The van der Waals surface area contributed by atoms with E-state index in [2.05, 4.69) is 27.1 Å². The number of nitrogens with zero attached hydrogens (tertiary/aromatic N) is 1. The summed E-state index contributed by atoms with van der Waals surface area (Å²) >= 11 is 0. The van der Waals surface area contributed by atoms with Gasteiger partial charge in [0, 0.05) is 25.7 Å². The van der Waals surface area contributed by atoms with Gasteiger partial charge in [-0.1, -0.05) is 30.3 Å². The van der Waals surface area contributed by atoms with Crippen LogP contribution in [0.5, 0.6) is 0 Å². The fourth-order valence-corrected chi connectivity index (χ4v) is 2.52. The molecule has 1 heterocycles. The lowest BCUT2D eigenvalue weighted by atomic mass is 10.0. The van der Waals surface area contributed by atoms with Gasteiger partial charge in [0.1, 0.15) is 0 Å². The Kier molecular flexibility index (Phi) is 5.75. The second-order valence-corrected chi connectivity index (χ2v) is 5.23. The lowest BCUT2D eigenvalue weighted by molar-refractivity contribution is -0.155. The second kappa shape index (κ2) is 7.78. The maximum absolute atomic E-state index is 11.6. The number of benzene rings is 1. The molecule has 0 bridgehead atoms. The van der Waals surface area contributed by atoms with Gasteiger partial charge >= 0.3 is 11.9 Å². The molecule has 2 rings (SSSR count). The highest BCUT2D eigenvalue weighted by atomic mass is 16.5. The van der Waals surface area contributed by atoms with Gasteiger partial charge in [0.05, 0.1) is 6.61 Å². The largest absolute Gasteiger partial charge is 0.459 e. The van der Waals surface area contributed by atoms with E-state index in [-0.39, 0.29) is 12.6 Å². The average Bonchev–Trinajstić information content (AvgIpc) is 2.50. The zero-order valence-electron chi connectivity index (χ0n) is 12.4. The number of rotatable bonds is 4. The van der Waals surface area contributed by atoms with Crippen molar-refractivity contribution in [2.75, 3.05) is 19.7 Å². The number of amides is 1. The molecule has 0 aromatic heterocycles. The van der Waals surface area contributed by atoms with E-state index in [1.165, 1.54) is 5.56 Å². The number of ether oxygens (including phenoxy) is 1. The van der Waals surface area contributed by atoms with Crippen LogP contribution in [0.15, 0.2) is 30.3 Å². The van der Waals surface area contributed by atoms with Crippen LogP contribution in [0.2, 0.25) is 0 Å². The molecule has 5 nitrogen and oxygen atoms in total. The Balaban J connectivity index is 1.73. The molecule has 0 radical (unpaired) electrons. The summed E-state index contributed by atoms with van der Waals surface area (Å²) in [6.45, 7) is 4.68. The van der Waals surface area contributed by atoms with Crippen LogP contribution in [0.4, 0.5) is 0 Å². The van der Waals surface area contributed by atoms with Crippen LogP contribution in [0, 0.1) is 0 Å². The minimum Gasteiger partial charge on any atom is -0.459 e. The predicted molar refractivity (Wildman–Crippen MR) is 79.5 cm³/mol. The zero-order valence-corrected chi connectivity index (χ0v) is 12.4. The Hall–Kier alpha value is -1.88. The highest BCUT2D eigenvalue weighted by Crippen LogP contribution is 2.13. The summed E-state index contributed by atoms with van der Waals surface area (Å²) in [6.07, 6.45) is 1.72. The molecule has 1 fully saturated rings. The van der Waals surface area contributed by atoms with Crippen molar-refractivity contribution in [3.63, 3.8) is 0 Å². The molecule has 5 heteroatoms. The Bertz CT molecular complexity index is 468. The number of esters is 1. The Morgan fingerprint density at radius 2 is 1.90 bits per heavy atom. The molecule has 1 aromatic carbocycles. The average molecular weight is 290 g/mol. The summed E-state index contributed by atoms with van der Waals surface area (Å²) in [4.78, 5) is 25.2. The fraction of sp³-hybridized carbons (Fsp3) is 0.500. The fourth-order valence-electron chi connectivity index (χ4n) is 2.52. The number of carbonyl (C=O) groups is 2. The number of nitrogens with one attached hydrogen (secondary N) is 1. The smallest absolute Gasteiger partial charge is 0.396 e. The van der Waals surface area contributed by atoms with Gasteiger partial charge in [-0.15, -0.1) is 0 Å². The Morgan fingerprint density at radius 3 is 2.52 bits per heavy atom. The van der Waals surface area contributed by atoms with E-state index in [1.807, 2.05) is 18.2 Å². The van der Waals surface area contributed by atoms with Gasteiger partial charge in [0.2, 0.25) is 0 Å². The van der Waals surface area contributed by atoms with Crippen LogP contribution in [-0.2, 0) is 20.9 Å². The van der Waals surface area contributed by atoms with Gasteiger partial charge in [-0.2, -0.15) is 0 Å². The third-order valence-electron chi connectivity index (χ3n) is 3.63. The SMILES string of the molecule is CCOC(=O)C(=O)NC1CCN(Cc2ccccc2)CC1. The molecule has 0 atom stereocenters. The summed E-state index contributed by atoms with van der Waals surface area (Å²) in [7, 11) is 0. The quantitative estimate of drug-likeness (QED) is 0.671. The van der Waals surface area contributed by atoms with Crippen LogP contribution in [-0.4, -0.2) is 42.5 Å². The third kappa shape index (κ3) is 4.86. The van der Waals surface area contributed by atoms with Crippen molar-refractivity contribution >= 4 is 11.9 Å². The molecule has 1 aromatic rings. The first kappa shape index (κ1) is 15.5. The summed E-state index contributed by atoms with van der Waals surface area (Å²) < 4.78 is 4.68. The van der Waals surface area contributed by atoms with Crippen LogP contribution in [0.3, 0.4) is 0 Å². The van der Waals surface area contributed by atoms with Crippen molar-refractivity contribution in [1.29, 1.82) is 0 Å². The van der Waals surface area contributed by atoms with E-state index in [4.69, 9.17) is 0 Å². The van der Waals surface area contributed by atoms with Crippen molar-refractivity contribution in [3.05, 3.63) is 35.9 Å². The van der Waals surface area contributed by atoms with Gasteiger partial charge in [-0.05, 0) is 25.3 Å². The topological polar surface area (TPSA) is 58.6 Å². The standard InChI is InChI=1S/C16H22N2O3/c1-2-21-16(20)15(19)17-14-8-10-18(11-9-14)12-13-6-4-3-5-7-13/h3-7,14H,2,8-12H2,1H3,(H,17,19). The lowest BCUT2D eigenvalue weighted by Crippen LogP contribution is -2.46. The third-order valence-corrected chi connectivity index (χ3v) is 3.63. The summed E-state index contributed by atoms with van der Waals surface area (Å²) in [6, 6.07) is 10.4. The zero-order chi connectivity index (χ0) is 15.1. The predicted octanol–water partition coefficient (Wildman–Crippen LogP) is 1.33. The molecule has 114 valence electrons. The first-order valence-corrected chi connectivity index (χ1v) is 7.43. The Morgan fingerprint density at radius 1 is 1.24 bits per heavy atom. The van der Waals surface area contributed by atoms with Gasteiger partial charge < -0.3 is 10.1 Å². The highest BCUT2D eigenvalue weighted by Gasteiger charge is 2.23. The second-order valence-electron chi connectivity index (χ2n) is 5.23. The van der Waals surface area contributed by atoms with Crippen molar-refractivity contribution in [2.45, 2.75) is 32.4 Å². The first-order chi connectivity index (χ1) is 10.2. The van der Waals surface area contributed by atoms with E-state index >= 15 is 0 Å². The minimum atomic E-state index is -0.788. The van der Waals surface area contributed by atoms with Crippen molar-refractivity contribution in [3.8, 4) is 0 Å². The van der Waals surface area contributed by atoms with Crippen LogP contribution in [0.25, 0.3) is 0 Å². The lowest BCUT2D eigenvalue weighted by Gasteiger charge is -2.32. The molecule has 1 saturated heterocycles. The van der Waals surface area contributed by atoms with Crippen LogP contribution >= 0.6 is 0 Å². The Labute approximate surface area is 125 Å². The van der Waals surface area contributed by atoms with Crippen LogP contribution in [0.1, 0.15) is 25.3 Å². The van der Waals surface area contributed by atoms with E-state index in [1.54, 1.807) is 6.92 Å². The maximum atomic E-state index is 11.6. The van der Waals surface area contributed by atoms with E-state index in [0.717, 1.165) is 32.5 Å². The molecule has 0 saturated carbocycles. The molecule has 0 unspecified atom stereocenters. The van der Waals surface area contributed by atoms with Crippen molar-refractivity contribution in [2.24, 2.45) is 0 Å². The molecule has 0 spiro atoms. The number of likely N-dealkylation sites (tertiary alicyclic amines) is 1. The number of hydrogen-bond donors (Lipinski definition) is 1. The molecular weight excluding hydrogens is 268 g/mol. The van der Waals surface area contributed by atoms with E-state index in [0.29, 0.717) is 0 Å². The number of piperidine rings is 1. The monoisotopic (exact) mass is 290 g/mol. The van der Waals surface area contributed by atoms with Crippen LogP contribution < -0.4 is 5.32 Å². The van der Waals surface area contributed by atoms with Gasteiger partial charge in [-0.25, -0.2) is 4.79 Å². The molecule has 1 aliphatic heterocycles. The molecule has 1 N–H and O–H groups in total. The summed E-state index contributed by atoms with van der Waals surface area (Å²) in [5, 5.41) is 2.75. The molecule has 21 heavy (non-hydrogen) atoms. The summed E-state index contributed by atoms with van der Waals surface area (Å²) in [5.74, 6) is -1.41.